The molecule has 0 radical (unpaired) electrons. The number of hydrogen-bond donors (Lipinski definition) is 1. The Bertz CT molecular complexity index is 1080. The van der Waals surface area contributed by atoms with Gasteiger partial charge in [0.2, 0.25) is 5.91 Å². The van der Waals surface area contributed by atoms with Crippen LogP contribution in [0.4, 0.5) is 18.9 Å². The van der Waals surface area contributed by atoms with Crippen LogP contribution in [-0.4, -0.2) is 22.1 Å². The van der Waals surface area contributed by atoms with Crippen molar-refractivity contribution in [2.75, 3.05) is 5.32 Å². The minimum atomic E-state index is -4.79. The number of nitrogens with zero attached hydrogens (tertiary/aromatic N) is 2. The molecule has 2 aromatic carbocycles. The third-order valence-corrected chi connectivity index (χ3v) is 4.15. The van der Waals surface area contributed by atoms with Crippen LogP contribution in [-0.2, 0) is 11.3 Å². The third-order valence-electron chi connectivity index (χ3n) is 3.65. The van der Waals surface area contributed by atoms with Crippen LogP contribution in [0.5, 0.6) is 5.75 Å². The predicted octanol–water partition coefficient (Wildman–Crippen LogP) is 4.21. The molecule has 6 nitrogen and oxygen atoms in total. The Kier molecular flexibility index (Phi) is 6.02. The first-order chi connectivity index (χ1) is 13.7. The highest BCUT2D eigenvalue weighted by molar-refractivity contribution is 9.10. The second-order valence-corrected chi connectivity index (χ2v) is 6.76. The number of alkyl halides is 3. The van der Waals surface area contributed by atoms with Gasteiger partial charge in [0.15, 0.2) is 0 Å². The summed E-state index contributed by atoms with van der Waals surface area (Å²) in [4.78, 5) is 24.2. The van der Waals surface area contributed by atoms with E-state index in [0.29, 0.717) is 5.69 Å². The van der Waals surface area contributed by atoms with Crippen LogP contribution in [0.15, 0.2) is 69.9 Å². The van der Waals surface area contributed by atoms with E-state index in [4.69, 9.17) is 0 Å². The molecule has 3 aromatic rings. The van der Waals surface area contributed by atoms with Crippen molar-refractivity contribution in [2.45, 2.75) is 12.9 Å². The van der Waals surface area contributed by atoms with Gasteiger partial charge in [-0.25, -0.2) is 4.68 Å². The van der Waals surface area contributed by atoms with Gasteiger partial charge in [-0.1, -0.05) is 28.1 Å². The Balaban J connectivity index is 1.70. The lowest BCUT2D eigenvalue weighted by molar-refractivity contribution is -0.274. The lowest BCUT2D eigenvalue weighted by Gasteiger charge is -2.10. The summed E-state index contributed by atoms with van der Waals surface area (Å²) in [5.74, 6) is -0.967. The van der Waals surface area contributed by atoms with E-state index in [9.17, 15) is 22.8 Å². The third kappa shape index (κ3) is 5.92. The molecule has 1 aromatic heterocycles. The van der Waals surface area contributed by atoms with Crippen LogP contribution < -0.4 is 15.6 Å². The normalized spacial score (nSPS) is 11.2. The fourth-order valence-electron chi connectivity index (χ4n) is 2.44. The molecule has 0 atom stereocenters. The summed E-state index contributed by atoms with van der Waals surface area (Å²) in [5.41, 5.74) is 1.05. The molecule has 0 spiro atoms. The number of anilines is 1. The van der Waals surface area contributed by atoms with Gasteiger partial charge in [0.05, 0.1) is 5.69 Å². The number of rotatable bonds is 5. The van der Waals surface area contributed by atoms with Gasteiger partial charge in [0.25, 0.3) is 5.56 Å². The number of nitrogens with one attached hydrogen (secondary N) is 1. The second-order valence-electron chi connectivity index (χ2n) is 5.85. The Morgan fingerprint density at radius 2 is 1.83 bits per heavy atom. The van der Waals surface area contributed by atoms with Crippen LogP contribution in [0.1, 0.15) is 0 Å². The van der Waals surface area contributed by atoms with Crippen molar-refractivity contribution in [3.05, 3.63) is 75.5 Å². The molecule has 3 rings (SSSR count). The number of halogens is 4. The highest BCUT2D eigenvalue weighted by atomic mass is 79.9. The van der Waals surface area contributed by atoms with Crippen molar-refractivity contribution in [1.29, 1.82) is 0 Å². The summed E-state index contributed by atoms with van der Waals surface area (Å²) < 4.78 is 42.1. The zero-order valence-electron chi connectivity index (χ0n) is 14.6. The van der Waals surface area contributed by atoms with Gasteiger partial charge in [-0.2, -0.15) is 5.10 Å². The zero-order valence-corrected chi connectivity index (χ0v) is 16.2. The number of benzene rings is 2. The van der Waals surface area contributed by atoms with Crippen molar-refractivity contribution in [1.82, 2.24) is 9.78 Å². The first-order valence-electron chi connectivity index (χ1n) is 8.19. The molecule has 10 heteroatoms. The standard InChI is InChI=1S/C19H13BrF3N3O3/c20-13-3-1-2-12(10-13)16-8-9-18(28)26(25-16)11-17(27)24-14-4-6-15(7-5-14)29-19(21,22)23/h1-10H,11H2,(H,24,27). The molecular weight excluding hydrogens is 455 g/mol. The molecule has 0 bridgehead atoms. The lowest BCUT2D eigenvalue weighted by atomic mass is 10.1. The van der Waals surface area contributed by atoms with Crippen molar-refractivity contribution in [3.8, 4) is 17.0 Å². The van der Waals surface area contributed by atoms with Gasteiger partial charge in [0, 0.05) is 21.8 Å². The molecule has 150 valence electrons. The van der Waals surface area contributed by atoms with Crippen LogP contribution >= 0.6 is 15.9 Å². The Hall–Kier alpha value is -3.14. The van der Waals surface area contributed by atoms with Gasteiger partial charge in [-0.05, 0) is 42.5 Å². The molecule has 0 saturated carbocycles. The smallest absolute Gasteiger partial charge is 0.406 e. The molecule has 1 N–H and O–H groups in total. The summed E-state index contributed by atoms with van der Waals surface area (Å²) >= 11 is 3.36. The molecular formula is C19H13BrF3N3O3. The summed E-state index contributed by atoms with van der Waals surface area (Å²) in [6, 6.07) is 14.8. The maximum Gasteiger partial charge on any atom is 0.573 e. The van der Waals surface area contributed by atoms with E-state index in [1.54, 1.807) is 6.07 Å². The average molecular weight is 468 g/mol. The molecule has 0 aliphatic rings. The van der Waals surface area contributed by atoms with E-state index in [0.717, 1.165) is 26.9 Å². The van der Waals surface area contributed by atoms with Crippen LogP contribution in [0.25, 0.3) is 11.3 Å². The largest absolute Gasteiger partial charge is 0.573 e. The van der Waals surface area contributed by atoms with Crippen LogP contribution in [0, 0.1) is 0 Å². The van der Waals surface area contributed by atoms with Crippen LogP contribution in [0.2, 0.25) is 0 Å². The highest BCUT2D eigenvalue weighted by Crippen LogP contribution is 2.24. The van der Waals surface area contributed by atoms with E-state index in [2.05, 4.69) is 31.1 Å². The number of carbonyl (C=O) groups excluding carboxylic acids is 1. The quantitative estimate of drug-likeness (QED) is 0.609. The summed E-state index contributed by atoms with van der Waals surface area (Å²) in [7, 11) is 0. The van der Waals surface area contributed by atoms with Crippen molar-refractivity contribution in [3.63, 3.8) is 0 Å². The molecule has 29 heavy (non-hydrogen) atoms. The van der Waals surface area contributed by atoms with E-state index in [1.165, 1.54) is 18.2 Å². The molecule has 0 unspecified atom stereocenters. The average Bonchev–Trinajstić information content (AvgIpc) is 2.64. The number of amides is 1. The second kappa shape index (κ2) is 8.48. The number of carbonyl (C=O) groups is 1. The lowest BCUT2D eigenvalue weighted by Crippen LogP contribution is -2.29. The van der Waals surface area contributed by atoms with E-state index in [1.807, 2.05) is 24.3 Å². The predicted molar refractivity (Wildman–Crippen MR) is 103 cm³/mol. The Morgan fingerprint density at radius 3 is 2.48 bits per heavy atom. The molecule has 0 fully saturated rings. The van der Waals surface area contributed by atoms with Crippen molar-refractivity contribution < 1.29 is 22.7 Å². The van der Waals surface area contributed by atoms with Crippen molar-refractivity contribution in [2.24, 2.45) is 0 Å². The molecule has 0 aliphatic heterocycles. The van der Waals surface area contributed by atoms with Gasteiger partial charge >= 0.3 is 6.36 Å². The summed E-state index contributed by atoms with van der Waals surface area (Å²) in [6.07, 6.45) is -4.79. The Labute approximate surface area is 171 Å². The first kappa shape index (κ1) is 20.6. The number of hydrogen-bond acceptors (Lipinski definition) is 4. The molecule has 0 saturated heterocycles. The van der Waals surface area contributed by atoms with Crippen LogP contribution in [0.3, 0.4) is 0 Å². The fourth-order valence-corrected chi connectivity index (χ4v) is 2.84. The Morgan fingerprint density at radius 1 is 1.10 bits per heavy atom. The van der Waals surface area contributed by atoms with Gasteiger partial charge in [0.1, 0.15) is 12.3 Å². The molecule has 0 aliphatic carbocycles. The maximum absolute atomic E-state index is 12.2. The molecule has 1 heterocycles. The zero-order chi connectivity index (χ0) is 21.0. The fraction of sp³-hybridized carbons (Fsp3) is 0.105. The van der Waals surface area contributed by atoms with E-state index >= 15 is 0 Å². The van der Waals surface area contributed by atoms with E-state index < -0.39 is 23.6 Å². The molecule has 1 amide bonds. The minimum Gasteiger partial charge on any atom is -0.406 e. The summed E-state index contributed by atoms with van der Waals surface area (Å²) in [5, 5.41) is 6.69. The first-order valence-corrected chi connectivity index (χ1v) is 8.99. The topological polar surface area (TPSA) is 73.2 Å². The van der Waals surface area contributed by atoms with Gasteiger partial charge in [-0.3, -0.25) is 9.59 Å². The SMILES string of the molecule is O=C(Cn1nc(-c2cccc(Br)c2)ccc1=O)Nc1ccc(OC(F)(F)F)cc1. The summed E-state index contributed by atoms with van der Waals surface area (Å²) in [6.45, 7) is -0.360. The minimum absolute atomic E-state index is 0.251. The monoisotopic (exact) mass is 467 g/mol. The number of aromatic nitrogens is 2. The van der Waals surface area contributed by atoms with Crippen molar-refractivity contribution >= 4 is 27.5 Å². The number of ether oxygens (including phenoxy) is 1. The van der Waals surface area contributed by atoms with E-state index in [-0.39, 0.29) is 12.2 Å². The van der Waals surface area contributed by atoms with Gasteiger partial charge < -0.3 is 10.1 Å². The maximum atomic E-state index is 12.2. The highest BCUT2D eigenvalue weighted by Gasteiger charge is 2.30. The van der Waals surface area contributed by atoms with Gasteiger partial charge in [-0.15, -0.1) is 13.2 Å².